The number of likely N-dealkylation sites (N-methyl/N-ethyl adjacent to an activating group) is 1. The number of halogens is 1. The fourth-order valence-electron chi connectivity index (χ4n) is 2.39. The molecule has 18 heavy (non-hydrogen) atoms. The van der Waals surface area contributed by atoms with Crippen molar-refractivity contribution in [2.45, 2.75) is 12.5 Å². The van der Waals surface area contributed by atoms with Crippen molar-refractivity contribution in [1.29, 1.82) is 0 Å². The lowest BCUT2D eigenvalue weighted by Crippen LogP contribution is -2.23. The standard InChI is InChI=1S/C13H15BrN4/c1-18-5-3-10(8-18)17-11-2-4-15-12-6-9(14)7-16-13(11)12/h2,4,6-7,10H,3,5,8H2,1H3,(H,15,17). The molecule has 0 bridgehead atoms. The Labute approximate surface area is 115 Å². The summed E-state index contributed by atoms with van der Waals surface area (Å²) < 4.78 is 0.959. The average Bonchev–Trinajstić information content (AvgIpc) is 2.75. The first-order valence-corrected chi connectivity index (χ1v) is 6.87. The van der Waals surface area contributed by atoms with Gasteiger partial charge in [0.15, 0.2) is 0 Å². The summed E-state index contributed by atoms with van der Waals surface area (Å²) in [4.78, 5) is 11.1. The molecule has 0 aliphatic carbocycles. The molecule has 3 heterocycles. The van der Waals surface area contributed by atoms with Crippen LogP contribution in [0, 0.1) is 0 Å². The molecule has 0 radical (unpaired) electrons. The van der Waals surface area contributed by atoms with Gasteiger partial charge in [0, 0.05) is 29.5 Å². The molecule has 0 amide bonds. The molecule has 0 aromatic carbocycles. The van der Waals surface area contributed by atoms with Gasteiger partial charge in [0.25, 0.3) is 0 Å². The van der Waals surface area contributed by atoms with Gasteiger partial charge in [0.2, 0.25) is 0 Å². The monoisotopic (exact) mass is 306 g/mol. The summed E-state index contributed by atoms with van der Waals surface area (Å²) in [5, 5.41) is 3.57. The van der Waals surface area contributed by atoms with E-state index in [1.54, 1.807) is 0 Å². The number of rotatable bonds is 2. The quantitative estimate of drug-likeness (QED) is 0.925. The minimum absolute atomic E-state index is 0.506. The predicted molar refractivity (Wildman–Crippen MR) is 76.8 cm³/mol. The van der Waals surface area contributed by atoms with E-state index in [0.717, 1.165) is 34.3 Å². The maximum atomic E-state index is 4.46. The molecular formula is C13H15BrN4. The Bertz CT molecular complexity index is 572. The summed E-state index contributed by atoms with van der Waals surface area (Å²) in [6.07, 6.45) is 4.82. The molecule has 2 aromatic heterocycles. The van der Waals surface area contributed by atoms with E-state index in [1.807, 2.05) is 24.5 Å². The fraction of sp³-hybridized carbons (Fsp3) is 0.385. The fourth-order valence-corrected chi connectivity index (χ4v) is 2.71. The van der Waals surface area contributed by atoms with E-state index in [2.05, 4.69) is 43.2 Å². The van der Waals surface area contributed by atoms with Crippen LogP contribution < -0.4 is 5.32 Å². The zero-order chi connectivity index (χ0) is 12.5. The van der Waals surface area contributed by atoms with E-state index in [9.17, 15) is 0 Å². The van der Waals surface area contributed by atoms with Crippen LogP contribution in [0.4, 0.5) is 5.69 Å². The van der Waals surface area contributed by atoms with Crippen LogP contribution in [0.1, 0.15) is 6.42 Å². The zero-order valence-electron chi connectivity index (χ0n) is 10.2. The van der Waals surface area contributed by atoms with E-state index >= 15 is 0 Å². The van der Waals surface area contributed by atoms with Gasteiger partial charge in [-0.2, -0.15) is 0 Å². The number of aromatic nitrogens is 2. The Morgan fingerprint density at radius 3 is 3.11 bits per heavy atom. The third kappa shape index (κ3) is 2.33. The summed E-state index contributed by atoms with van der Waals surface area (Å²) in [6, 6.07) is 4.50. The largest absolute Gasteiger partial charge is 0.379 e. The van der Waals surface area contributed by atoms with Gasteiger partial charge in [-0.1, -0.05) is 0 Å². The molecule has 5 heteroatoms. The normalized spacial score (nSPS) is 20.4. The van der Waals surface area contributed by atoms with Gasteiger partial charge in [0.1, 0.15) is 5.52 Å². The Morgan fingerprint density at radius 1 is 1.44 bits per heavy atom. The molecule has 1 unspecified atom stereocenters. The Kier molecular flexibility index (Phi) is 3.18. The second kappa shape index (κ2) is 4.82. The summed E-state index contributed by atoms with van der Waals surface area (Å²) in [5.41, 5.74) is 2.93. The van der Waals surface area contributed by atoms with Gasteiger partial charge in [-0.05, 0) is 48.1 Å². The molecule has 94 valence electrons. The number of nitrogens with one attached hydrogen (secondary N) is 1. The Hall–Kier alpha value is -1.20. The van der Waals surface area contributed by atoms with Crippen molar-refractivity contribution >= 4 is 32.7 Å². The zero-order valence-corrected chi connectivity index (χ0v) is 11.8. The van der Waals surface area contributed by atoms with E-state index in [0.29, 0.717) is 6.04 Å². The van der Waals surface area contributed by atoms with Gasteiger partial charge in [0.05, 0.1) is 11.2 Å². The van der Waals surface area contributed by atoms with Crippen molar-refractivity contribution in [3.8, 4) is 0 Å². The summed E-state index contributed by atoms with van der Waals surface area (Å²) in [6.45, 7) is 2.24. The smallest absolute Gasteiger partial charge is 0.112 e. The van der Waals surface area contributed by atoms with Crippen molar-refractivity contribution in [2.24, 2.45) is 0 Å². The highest BCUT2D eigenvalue weighted by Crippen LogP contribution is 2.24. The number of pyridine rings is 2. The van der Waals surface area contributed by atoms with Gasteiger partial charge in [-0.15, -0.1) is 0 Å². The lowest BCUT2D eigenvalue weighted by Gasteiger charge is -2.15. The van der Waals surface area contributed by atoms with Gasteiger partial charge in [-0.3, -0.25) is 9.97 Å². The van der Waals surface area contributed by atoms with E-state index < -0.39 is 0 Å². The first kappa shape index (κ1) is 11.9. The van der Waals surface area contributed by atoms with Crippen molar-refractivity contribution in [3.63, 3.8) is 0 Å². The van der Waals surface area contributed by atoms with Gasteiger partial charge in [-0.25, -0.2) is 0 Å². The number of hydrogen-bond donors (Lipinski definition) is 1. The molecule has 1 atom stereocenters. The molecule has 4 nitrogen and oxygen atoms in total. The number of likely N-dealkylation sites (tertiary alicyclic amines) is 1. The van der Waals surface area contributed by atoms with Crippen molar-refractivity contribution in [2.75, 3.05) is 25.5 Å². The number of fused-ring (bicyclic) bond motifs is 1. The Morgan fingerprint density at radius 2 is 2.33 bits per heavy atom. The first-order chi connectivity index (χ1) is 8.72. The first-order valence-electron chi connectivity index (χ1n) is 6.08. The summed E-state index contributed by atoms with van der Waals surface area (Å²) in [5.74, 6) is 0. The summed E-state index contributed by atoms with van der Waals surface area (Å²) >= 11 is 3.42. The van der Waals surface area contributed by atoms with E-state index in [4.69, 9.17) is 0 Å². The average molecular weight is 307 g/mol. The molecule has 0 saturated carbocycles. The molecule has 1 aliphatic heterocycles. The van der Waals surface area contributed by atoms with Gasteiger partial charge >= 0.3 is 0 Å². The van der Waals surface area contributed by atoms with Crippen molar-refractivity contribution < 1.29 is 0 Å². The lowest BCUT2D eigenvalue weighted by molar-refractivity contribution is 0.414. The van der Waals surface area contributed by atoms with E-state index in [-0.39, 0.29) is 0 Å². The molecule has 1 fully saturated rings. The summed E-state index contributed by atoms with van der Waals surface area (Å²) in [7, 11) is 2.15. The SMILES string of the molecule is CN1CCC(Nc2ccnc3cc(Br)cnc23)C1. The molecule has 2 aromatic rings. The van der Waals surface area contributed by atoms with Crippen molar-refractivity contribution in [1.82, 2.24) is 14.9 Å². The van der Waals surface area contributed by atoms with Crippen LogP contribution in [0.25, 0.3) is 11.0 Å². The molecule has 1 saturated heterocycles. The van der Waals surface area contributed by atoms with Crippen LogP contribution in [0.15, 0.2) is 29.0 Å². The van der Waals surface area contributed by atoms with Crippen LogP contribution in [-0.2, 0) is 0 Å². The predicted octanol–water partition coefficient (Wildman–Crippen LogP) is 2.51. The molecule has 1 N–H and O–H groups in total. The molecule has 3 rings (SSSR count). The van der Waals surface area contributed by atoms with Crippen LogP contribution in [0.5, 0.6) is 0 Å². The minimum Gasteiger partial charge on any atom is -0.379 e. The van der Waals surface area contributed by atoms with E-state index in [1.165, 1.54) is 6.42 Å². The van der Waals surface area contributed by atoms with Crippen LogP contribution in [0.3, 0.4) is 0 Å². The van der Waals surface area contributed by atoms with Crippen molar-refractivity contribution in [3.05, 3.63) is 29.0 Å². The number of anilines is 1. The molecular weight excluding hydrogens is 292 g/mol. The Balaban J connectivity index is 1.92. The maximum Gasteiger partial charge on any atom is 0.112 e. The maximum absolute atomic E-state index is 4.46. The highest BCUT2D eigenvalue weighted by atomic mass is 79.9. The molecule has 1 aliphatic rings. The minimum atomic E-state index is 0.506. The van der Waals surface area contributed by atoms with Crippen LogP contribution >= 0.6 is 15.9 Å². The van der Waals surface area contributed by atoms with Gasteiger partial charge < -0.3 is 10.2 Å². The topological polar surface area (TPSA) is 41.0 Å². The third-order valence-electron chi connectivity index (χ3n) is 3.30. The number of hydrogen-bond acceptors (Lipinski definition) is 4. The molecule has 0 spiro atoms. The van der Waals surface area contributed by atoms with Crippen LogP contribution in [0.2, 0.25) is 0 Å². The highest BCUT2D eigenvalue weighted by molar-refractivity contribution is 9.10. The lowest BCUT2D eigenvalue weighted by atomic mass is 10.2. The third-order valence-corrected chi connectivity index (χ3v) is 3.73. The highest BCUT2D eigenvalue weighted by Gasteiger charge is 2.19. The second-order valence-electron chi connectivity index (χ2n) is 4.77. The second-order valence-corrected chi connectivity index (χ2v) is 5.69. The van der Waals surface area contributed by atoms with Crippen LogP contribution in [-0.4, -0.2) is 41.0 Å². The number of nitrogens with zero attached hydrogens (tertiary/aromatic N) is 3.